The topological polar surface area (TPSA) is 49.8 Å². The Labute approximate surface area is 129 Å². The summed E-state index contributed by atoms with van der Waals surface area (Å²) >= 11 is 0. The summed E-state index contributed by atoms with van der Waals surface area (Å²) in [6.07, 6.45) is 6.92. The molecule has 1 aliphatic carbocycles. The lowest BCUT2D eigenvalue weighted by Crippen LogP contribution is -2.36. The minimum absolute atomic E-state index is 0.400. The Kier molecular flexibility index (Phi) is 5.43. The summed E-state index contributed by atoms with van der Waals surface area (Å²) in [4.78, 5) is 8.90. The number of nitrogens with zero attached hydrogens (tertiary/aromatic N) is 2. The predicted octanol–water partition coefficient (Wildman–Crippen LogP) is 4.27. The molecule has 4 heteroatoms. The molecule has 1 aromatic heterocycles. The molecule has 1 aromatic rings. The van der Waals surface area contributed by atoms with E-state index in [2.05, 4.69) is 48.3 Å². The van der Waals surface area contributed by atoms with Gasteiger partial charge in [0.2, 0.25) is 0 Å². The second-order valence-corrected chi connectivity index (χ2v) is 6.83. The van der Waals surface area contributed by atoms with Crippen LogP contribution in [0.25, 0.3) is 0 Å². The summed E-state index contributed by atoms with van der Waals surface area (Å²) < 4.78 is 0. The van der Waals surface area contributed by atoms with Crippen molar-refractivity contribution in [1.29, 1.82) is 0 Å². The SMILES string of the molecule is CNc1ncnc(NC2CCCCC2C(C)C)c1C(C)C. The Hall–Kier alpha value is -1.32. The van der Waals surface area contributed by atoms with Crippen LogP contribution in [0.5, 0.6) is 0 Å². The molecule has 1 fully saturated rings. The molecule has 2 unspecified atom stereocenters. The predicted molar refractivity (Wildman–Crippen MR) is 89.9 cm³/mol. The quantitative estimate of drug-likeness (QED) is 0.850. The van der Waals surface area contributed by atoms with Crippen molar-refractivity contribution in [2.24, 2.45) is 11.8 Å². The van der Waals surface area contributed by atoms with Crippen molar-refractivity contribution < 1.29 is 0 Å². The Bertz CT molecular complexity index is 456. The first-order valence-corrected chi connectivity index (χ1v) is 8.33. The Morgan fingerprint density at radius 3 is 2.33 bits per heavy atom. The molecule has 0 aromatic carbocycles. The largest absolute Gasteiger partial charge is 0.373 e. The van der Waals surface area contributed by atoms with Gasteiger partial charge in [0.25, 0.3) is 0 Å². The van der Waals surface area contributed by atoms with Crippen molar-refractivity contribution in [2.45, 2.75) is 65.3 Å². The van der Waals surface area contributed by atoms with Gasteiger partial charge in [-0.3, -0.25) is 0 Å². The number of hydrogen-bond acceptors (Lipinski definition) is 4. The lowest BCUT2D eigenvalue weighted by atomic mass is 9.78. The fourth-order valence-corrected chi connectivity index (χ4v) is 3.57. The van der Waals surface area contributed by atoms with Crippen molar-refractivity contribution in [3.8, 4) is 0 Å². The Balaban J connectivity index is 2.25. The normalized spacial score (nSPS) is 22.6. The van der Waals surface area contributed by atoms with Crippen LogP contribution in [0.2, 0.25) is 0 Å². The van der Waals surface area contributed by atoms with Crippen molar-refractivity contribution in [3.63, 3.8) is 0 Å². The van der Waals surface area contributed by atoms with Crippen LogP contribution in [0.3, 0.4) is 0 Å². The molecule has 0 bridgehead atoms. The van der Waals surface area contributed by atoms with Gasteiger partial charge in [0, 0.05) is 18.7 Å². The number of rotatable bonds is 5. The van der Waals surface area contributed by atoms with E-state index in [0.29, 0.717) is 12.0 Å². The third kappa shape index (κ3) is 3.66. The highest BCUT2D eigenvalue weighted by molar-refractivity contribution is 5.59. The molecule has 1 heterocycles. The van der Waals surface area contributed by atoms with E-state index < -0.39 is 0 Å². The van der Waals surface area contributed by atoms with E-state index in [4.69, 9.17) is 0 Å². The summed E-state index contributed by atoms with van der Waals surface area (Å²) in [6.45, 7) is 9.08. The van der Waals surface area contributed by atoms with Crippen molar-refractivity contribution in [2.75, 3.05) is 17.7 Å². The second-order valence-electron chi connectivity index (χ2n) is 6.83. The zero-order chi connectivity index (χ0) is 15.4. The van der Waals surface area contributed by atoms with Crippen LogP contribution in [0.15, 0.2) is 6.33 Å². The number of hydrogen-bond donors (Lipinski definition) is 2. The van der Waals surface area contributed by atoms with Crippen molar-refractivity contribution in [1.82, 2.24) is 9.97 Å². The molecule has 0 saturated heterocycles. The van der Waals surface area contributed by atoms with E-state index in [9.17, 15) is 0 Å². The first-order chi connectivity index (χ1) is 10.0. The summed E-state index contributed by atoms with van der Waals surface area (Å²) in [5.41, 5.74) is 1.20. The third-order valence-corrected chi connectivity index (χ3v) is 4.70. The molecule has 21 heavy (non-hydrogen) atoms. The van der Waals surface area contributed by atoms with Gasteiger partial charge in [-0.15, -0.1) is 0 Å². The lowest BCUT2D eigenvalue weighted by molar-refractivity contribution is 0.253. The van der Waals surface area contributed by atoms with Crippen LogP contribution < -0.4 is 10.6 Å². The van der Waals surface area contributed by atoms with Gasteiger partial charge >= 0.3 is 0 Å². The van der Waals surface area contributed by atoms with E-state index >= 15 is 0 Å². The number of anilines is 2. The van der Waals surface area contributed by atoms with E-state index in [0.717, 1.165) is 23.5 Å². The highest BCUT2D eigenvalue weighted by atomic mass is 15.1. The Morgan fingerprint density at radius 1 is 1.05 bits per heavy atom. The van der Waals surface area contributed by atoms with Crippen molar-refractivity contribution >= 4 is 11.6 Å². The molecular weight excluding hydrogens is 260 g/mol. The van der Waals surface area contributed by atoms with Crippen LogP contribution in [0.4, 0.5) is 11.6 Å². The summed E-state index contributed by atoms with van der Waals surface area (Å²) in [6, 6.07) is 0.538. The molecule has 0 aliphatic heterocycles. The van der Waals surface area contributed by atoms with Gasteiger partial charge in [-0.05, 0) is 30.6 Å². The molecule has 1 aliphatic rings. The molecule has 2 rings (SSSR count). The summed E-state index contributed by atoms with van der Waals surface area (Å²) in [5, 5.41) is 6.94. The van der Waals surface area contributed by atoms with Crippen LogP contribution in [-0.4, -0.2) is 23.1 Å². The fourth-order valence-electron chi connectivity index (χ4n) is 3.57. The molecule has 2 atom stereocenters. The first-order valence-electron chi connectivity index (χ1n) is 8.33. The van der Waals surface area contributed by atoms with Crippen LogP contribution >= 0.6 is 0 Å². The van der Waals surface area contributed by atoms with Gasteiger partial charge in [0.1, 0.15) is 18.0 Å². The van der Waals surface area contributed by atoms with Crippen LogP contribution in [-0.2, 0) is 0 Å². The number of nitrogens with one attached hydrogen (secondary N) is 2. The van der Waals surface area contributed by atoms with E-state index in [1.807, 2.05) is 7.05 Å². The second kappa shape index (κ2) is 7.10. The van der Waals surface area contributed by atoms with Gasteiger partial charge in [0.15, 0.2) is 0 Å². The number of aromatic nitrogens is 2. The first kappa shape index (κ1) is 16.1. The smallest absolute Gasteiger partial charge is 0.135 e. The van der Waals surface area contributed by atoms with Crippen molar-refractivity contribution in [3.05, 3.63) is 11.9 Å². The van der Waals surface area contributed by atoms with Gasteiger partial charge in [-0.25, -0.2) is 9.97 Å². The molecule has 4 nitrogen and oxygen atoms in total. The van der Waals surface area contributed by atoms with Gasteiger partial charge < -0.3 is 10.6 Å². The standard InChI is InChI=1S/C17H30N4/c1-11(2)13-8-6-7-9-14(13)21-17-15(12(3)4)16(18-5)19-10-20-17/h10-14H,6-9H2,1-5H3,(H2,18,19,20,21). The molecular formula is C17H30N4. The van der Waals surface area contributed by atoms with Crippen LogP contribution in [0.1, 0.15) is 64.9 Å². The molecule has 1 saturated carbocycles. The lowest BCUT2D eigenvalue weighted by Gasteiger charge is -2.36. The molecule has 2 N–H and O–H groups in total. The van der Waals surface area contributed by atoms with E-state index in [-0.39, 0.29) is 0 Å². The maximum atomic E-state index is 4.53. The summed E-state index contributed by atoms with van der Waals surface area (Å²) in [5.74, 6) is 3.82. The summed E-state index contributed by atoms with van der Waals surface area (Å²) in [7, 11) is 1.93. The van der Waals surface area contributed by atoms with Gasteiger partial charge in [-0.2, -0.15) is 0 Å². The minimum Gasteiger partial charge on any atom is -0.373 e. The van der Waals surface area contributed by atoms with Gasteiger partial charge in [-0.1, -0.05) is 40.5 Å². The monoisotopic (exact) mass is 290 g/mol. The van der Waals surface area contributed by atoms with E-state index in [1.54, 1.807) is 6.33 Å². The molecule has 0 amide bonds. The minimum atomic E-state index is 0.400. The average molecular weight is 290 g/mol. The average Bonchev–Trinajstić information content (AvgIpc) is 2.47. The molecule has 0 radical (unpaired) electrons. The molecule has 0 spiro atoms. The molecule has 118 valence electrons. The third-order valence-electron chi connectivity index (χ3n) is 4.70. The maximum absolute atomic E-state index is 4.53. The van der Waals surface area contributed by atoms with Crippen LogP contribution in [0, 0.1) is 11.8 Å². The highest BCUT2D eigenvalue weighted by Gasteiger charge is 2.28. The maximum Gasteiger partial charge on any atom is 0.135 e. The van der Waals surface area contributed by atoms with Gasteiger partial charge in [0.05, 0.1) is 0 Å². The Morgan fingerprint density at radius 2 is 1.71 bits per heavy atom. The zero-order valence-electron chi connectivity index (χ0n) is 14.1. The highest BCUT2D eigenvalue weighted by Crippen LogP contribution is 2.34. The van der Waals surface area contributed by atoms with E-state index in [1.165, 1.54) is 31.2 Å². The zero-order valence-corrected chi connectivity index (χ0v) is 14.1. The fraction of sp³-hybridized carbons (Fsp3) is 0.765.